The summed E-state index contributed by atoms with van der Waals surface area (Å²) in [6.07, 6.45) is 2.52. The molecule has 0 saturated carbocycles. The lowest BCUT2D eigenvalue weighted by atomic mass is 10.1. The van der Waals surface area contributed by atoms with Gasteiger partial charge in [0, 0.05) is 18.0 Å². The zero-order valence-electron chi connectivity index (χ0n) is 15.4. The third-order valence-electron chi connectivity index (χ3n) is 4.34. The lowest BCUT2D eigenvalue weighted by molar-refractivity contribution is 0.0995. The molecule has 1 unspecified atom stereocenters. The van der Waals surface area contributed by atoms with Gasteiger partial charge in [0.05, 0.1) is 28.9 Å². The molecule has 1 amide bonds. The number of aromatic nitrogens is 4. The van der Waals surface area contributed by atoms with Crippen LogP contribution in [0.25, 0.3) is 11.3 Å². The molecule has 0 spiro atoms. The van der Waals surface area contributed by atoms with E-state index in [4.69, 9.17) is 22.6 Å². The fraction of sp³-hybridized carbons (Fsp3) is 0.263. The molecule has 3 aromatic rings. The van der Waals surface area contributed by atoms with E-state index in [2.05, 4.69) is 10.1 Å². The van der Waals surface area contributed by atoms with Gasteiger partial charge < -0.3 is 15.4 Å². The summed E-state index contributed by atoms with van der Waals surface area (Å²) < 4.78 is 3.48. The minimum atomic E-state index is -0.843. The summed E-state index contributed by atoms with van der Waals surface area (Å²) in [5.74, 6) is -0.278. The molecule has 2 atom stereocenters. The lowest BCUT2D eigenvalue weighted by Crippen LogP contribution is -2.16. The van der Waals surface area contributed by atoms with Gasteiger partial charge in [-0.15, -0.1) is 0 Å². The van der Waals surface area contributed by atoms with Gasteiger partial charge in [-0.2, -0.15) is 10.4 Å². The van der Waals surface area contributed by atoms with Crippen molar-refractivity contribution < 1.29 is 9.90 Å². The van der Waals surface area contributed by atoms with Gasteiger partial charge in [-0.1, -0.05) is 17.7 Å². The van der Waals surface area contributed by atoms with Gasteiger partial charge in [-0.05, 0) is 32.0 Å². The number of nitrogens with zero attached hydrogens (tertiary/aromatic N) is 5. The molecule has 0 aliphatic carbocycles. The highest BCUT2D eigenvalue weighted by Crippen LogP contribution is 2.25. The van der Waals surface area contributed by atoms with Gasteiger partial charge in [-0.3, -0.25) is 9.48 Å². The van der Waals surface area contributed by atoms with Crippen molar-refractivity contribution in [3.63, 3.8) is 0 Å². The van der Waals surface area contributed by atoms with Crippen LogP contribution in [-0.2, 0) is 6.54 Å². The average molecular weight is 399 g/mol. The van der Waals surface area contributed by atoms with Gasteiger partial charge in [0.25, 0.3) is 5.91 Å². The third kappa shape index (κ3) is 3.91. The predicted molar refractivity (Wildman–Crippen MR) is 103 cm³/mol. The Kier molecular flexibility index (Phi) is 5.49. The first-order chi connectivity index (χ1) is 13.3. The number of rotatable bonds is 6. The molecule has 144 valence electrons. The minimum Gasteiger partial charge on any atom is -0.385 e. The van der Waals surface area contributed by atoms with Gasteiger partial charge in [0.1, 0.15) is 23.7 Å². The molecule has 2 aromatic heterocycles. The Morgan fingerprint density at radius 2 is 2.14 bits per heavy atom. The summed E-state index contributed by atoms with van der Waals surface area (Å²) in [7, 11) is 0. The maximum atomic E-state index is 11.4. The molecule has 0 aliphatic rings. The van der Waals surface area contributed by atoms with Crippen molar-refractivity contribution in [1.82, 2.24) is 19.3 Å². The molecule has 0 saturated heterocycles. The van der Waals surface area contributed by atoms with E-state index in [0.29, 0.717) is 23.0 Å². The second-order valence-corrected chi connectivity index (χ2v) is 6.92. The molecule has 3 N–H and O–H groups in total. The van der Waals surface area contributed by atoms with Crippen LogP contribution in [0, 0.1) is 11.3 Å². The number of primary amides is 1. The largest absolute Gasteiger partial charge is 0.385 e. The van der Waals surface area contributed by atoms with Crippen LogP contribution in [0.5, 0.6) is 0 Å². The Hall–Kier alpha value is -3.15. The van der Waals surface area contributed by atoms with E-state index in [1.807, 2.05) is 25.3 Å². The molecule has 0 fully saturated rings. The van der Waals surface area contributed by atoms with E-state index < -0.39 is 12.0 Å². The van der Waals surface area contributed by atoms with Crippen molar-refractivity contribution in [2.45, 2.75) is 32.5 Å². The highest BCUT2D eigenvalue weighted by molar-refractivity contribution is 6.32. The number of nitrogens with two attached hydrogens (primary N) is 1. The standard InChI is InChI=1S/C19H19ClN6O2/c1-11(26-10-17(18(22)28)23-19(26)12(2)27)9-25-6-5-16(24-25)13-3-4-14(8-21)15(20)7-13/h3-7,10-12,27H,9H2,1-2H3,(H2,22,28)/t11-,12?/m0/s1. The SMILES string of the molecule is CC(O)c1nc(C(N)=O)cn1[C@@H](C)Cn1ccc(-c2ccc(C#N)c(Cl)c2)n1. The number of carbonyl (C=O) groups excluding carboxylic acids is 1. The van der Waals surface area contributed by atoms with Crippen molar-refractivity contribution in [2.75, 3.05) is 0 Å². The van der Waals surface area contributed by atoms with Crippen LogP contribution in [0.4, 0.5) is 0 Å². The second-order valence-electron chi connectivity index (χ2n) is 6.51. The molecule has 2 heterocycles. The molecule has 28 heavy (non-hydrogen) atoms. The second kappa shape index (κ2) is 7.84. The molecule has 9 heteroatoms. The topological polar surface area (TPSA) is 123 Å². The number of imidazole rings is 1. The average Bonchev–Trinajstić information content (AvgIpc) is 3.29. The predicted octanol–water partition coefficient (Wildman–Crippen LogP) is 2.69. The normalized spacial score (nSPS) is 13.1. The van der Waals surface area contributed by atoms with Crippen LogP contribution in [0.15, 0.2) is 36.7 Å². The zero-order chi connectivity index (χ0) is 20.4. The van der Waals surface area contributed by atoms with Gasteiger partial charge in [0.2, 0.25) is 0 Å². The summed E-state index contributed by atoms with van der Waals surface area (Å²) in [5.41, 5.74) is 7.35. The van der Waals surface area contributed by atoms with Gasteiger partial charge in [0.15, 0.2) is 0 Å². The van der Waals surface area contributed by atoms with Crippen LogP contribution in [0.2, 0.25) is 5.02 Å². The molecule has 8 nitrogen and oxygen atoms in total. The molecular formula is C19H19ClN6O2. The summed E-state index contributed by atoms with van der Waals surface area (Å²) in [6, 6.07) is 8.90. The van der Waals surface area contributed by atoms with Crippen molar-refractivity contribution in [3.8, 4) is 17.3 Å². The van der Waals surface area contributed by atoms with Crippen LogP contribution in [-0.4, -0.2) is 30.3 Å². The first-order valence-electron chi connectivity index (χ1n) is 8.60. The van der Waals surface area contributed by atoms with E-state index in [9.17, 15) is 9.90 Å². The number of benzene rings is 1. The highest BCUT2D eigenvalue weighted by atomic mass is 35.5. The molecule has 0 bridgehead atoms. The van der Waals surface area contributed by atoms with Crippen molar-refractivity contribution in [3.05, 3.63) is 58.8 Å². The maximum Gasteiger partial charge on any atom is 0.268 e. The Morgan fingerprint density at radius 3 is 2.75 bits per heavy atom. The summed E-state index contributed by atoms with van der Waals surface area (Å²) in [6.45, 7) is 3.99. The van der Waals surface area contributed by atoms with E-state index in [1.54, 1.807) is 40.6 Å². The number of halogens is 1. The number of aliphatic hydroxyl groups is 1. The molecule has 3 rings (SSSR count). The quantitative estimate of drug-likeness (QED) is 0.660. The molecule has 0 radical (unpaired) electrons. The van der Waals surface area contributed by atoms with Crippen LogP contribution >= 0.6 is 11.6 Å². The minimum absolute atomic E-state index is 0.108. The first-order valence-corrected chi connectivity index (χ1v) is 8.98. The van der Waals surface area contributed by atoms with E-state index >= 15 is 0 Å². The van der Waals surface area contributed by atoms with Crippen LogP contribution in [0.1, 0.15) is 47.9 Å². The maximum absolute atomic E-state index is 11.4. The summed E-state index contributed by atoms with van der Waals surface area (Å²) >= 11 is 6.10. The molecular weight excluding hydrogens is 380 g/mol. The van der Waals surface area contributed by atoms with Crippen molar-refractivity contribution >= 4 is 17.5 Å². The number of hydrogen-bond donors (Lipinski definition) is 2. The summed E-state index contributed by atoms with van der Waals surface area (Å²) in [4.78, 5) is 15.5. The Balaban J connectivity index is 1.83. The van der Waals surface area contributed by atoms with Crippen molar-refractivity contribution in [2.24, 2.45) is 5.73 Å². The van der Waals surface area contributed by atoms with Gasteiger partial charge >= 0.3 is 0 Å². The van der Waals surface area contributed by atoms with Crippen molar-refractivity contribution in [1.29, 1.82) is 5.26 Å². The van der Waals surface area contributed by atoms with Crippen LogP contribution in [0.3, 0.4) is 0 Å². The fourth-order valence-corrected chi connectivity index (χ4v) is 3.15. The molecule has 1 aromatic carbocycles. The zero-order valence-corrected chi connectivity index (χ0v) is 16.1. The Morgan fingerprint density at radius 1 is 1.39 bits per heavy atom. The Bertz CT molecular complexity index is 1060. The highest BCUT2D eigenvalue weighted by Gasteiger charge is 2.19. The molecule has 0 aliphatic heterocycles. The van der Waals surface area contributed by atoms with E-state index in [-0.39, 0.29) is 11.7 Å². The van der Waals surface area contributed by atoms with E-state index in [1.165, 1.54) is 0 Å². The van der Waals surface area contributed by atoms with Crippen LogP contribution < -0.4 is 5.73 Å². The third-order valence-corrected chi connectivity index (χ3v) is 4.65. The monoisotopic (exact) mass is 398 g/mol. The van der Waals surface area contributed by atoms with Gasteiger partial charge in [-0.25, -0.2) is 4.98 Å². The number of aliphatic hydroxyl groups excluding tert-OH is 1. The van der Waals surface area contributed by atoms with E-state index in [0.717, 1.165) is 11.3 Å². The first kappa shape index (κ1) is 19.6. The Labute approximate surface area is 166 Å². The number of hydrogen-bond acceptors (Lipinski definition) is 5. The fourth-order valence-electron chi connectivity index (χ4n) is 2.93. The lowest BCUT2D eigenvalue weighted by Gasteiger charge is -2.17. The number of nitriles is 1. The smallest absolute Gasteiger partial charge is 0.268 e. The summed E-state index contributed by atoms with van der Waals surface area (Å²) in [5, 5.41) is 23.8. The number of amides is 1. The number of carbonyl (C=O) groups is 1.